The summed E-state index contributed by atoms with van der Waals surface area (Å²) in [6.45, 7) is 3.09. The summed E-state index contributed by atoms with van der Waals surface area (Å²) >= 11 is 0. The molecule has 9 rings (SSSR count). The van der Waals surface area contributed by atoms with E-state index in [0.717, 1.165) is 29.7 Å². The largest absolute Gasteiger partial charge is 0.464 e. The summed E-state index contributed by atoms with van der Waals surface area (Å²) in [5, 5.41) is 0. The van der Waals surface area contributed by atoms with Crippen molar-refractivity contribution >= 4 is 11.6 Å². The molecular weight excluding hydrogens is 578 g/mol. The maximum atomic E-state index is 14.3. The molecule has 12 heteroatoms. The standard InChI is InChI=1S/C32H33F4N5O3/c1-2-43-27-39-12-22(13-40-27)21-4-3-5-24(10-21)41(25(42)11-29-16-30(33,17-29)18-29)19-28-6-8-31(9-7-28,44-20-28)23-14-37-26(38-15-23)32(34,35)36/h3-5,10,12-15H,2,6-9,11,16-20H2,1H3. The van der Waals surface area contributed by atoms with Crippen LogP contribution in [-0.4, -0.2) is 51.3 Å². The van der Waals surface area contributed by atoms with Crippen molar-refractivity contribution in [1.82, 2.24) is 19.9 Å². The van der Waals surface area contributed by atoms with Gasteiger partial charge in [0, 0.05) is 60.0 Å². The minimum absolute atomic E-state index is 0.0419. The van der Waals surface area contributed by atoms with Gasteiger partial charge in [-0.25, -0.2) is 24.3 Å². The van der Waals surface area contributed by atoms with Crippen LogP contribution in [0.2, 0.25) is 0 Å². The molecule has 0 atom stereocenters. The highest BCUT2D eigenvalue weighted by atomic mass is 19.4. The van der Waals surface area contributed by atoms with Crippen molar-refractivity contribution in [3.63, 3.8) is 0 Å². The van der Waals surface area contributed by atoms with Gasteiger partial charge >= 0.3 is 12.2 Å². The molecule has 4 saturated carbocycles. The molecule has 44 heavy (non-hydrogen) atoms. The summed E-state index contributed by atoms with van der Waals surface area (Å²) in [6.07, 6.45) is 5.44. The number of ether oxygens (including phenoxy) is 2. The maximum absolute atomic E-state index is 14.3. The molecule has 232 valence electrons. The Kier molecular flexibility index (Phi) is 6.73. The lowest BCUT2D eigenvalue weighted by Gasteiger charge is -2.66. The van der Waals surface area contributed by atoms with Crippen LogP contribution in [0.15, 0.2) is 49.1 Å². The van der Waals surface area contributed by atoms with E-state index < -0.39 is 23.3 Å². The van der Waals surface area contributed by atoms with Crippen molar-refractivity contribution < 1.29 is 31.8 Å². The highest BCUT2D eigenvalue weighted by Gasteiger charge is 2.69. The number of halogens is 4. The molecule has 1 amide bonds. The minimum Gasteiger partial charge on any atom is -0.464 e. The highest BCUT2D eigenvalue weighted by molar-refractivity contribution is 5.95. The van der Waals surface area contributed by atoms with E-state index in [4.69, 9.17) is 9.47 Å². The average Bonchev–Trinajstić information content (AvgIpc) is 3.00. The molecule has 4 bridgehead atoms. The Hall–Kier alpha value is -3.67. The van der Waals surface area contributed by atoms with Crippen molar-refractivity contribution in [2.24, 2.45) is 10.8 Å². The Morgan fingerprint density at radius 1 is 0.955 bits per heavy atom. The number of hydrogen-bond donors (Lipinski definition) is 0. The Morgan fingerprint density at radius 3 is 2.20 bits per heavy atom. The fraction of sp³-hybridized carbons (Fsp3) is 0.531. The Bertz CT molecular complexity index is 1520. The lowest BCUT2D eigenvalue weighted by Crippen LogP contribution is -2.65. The topological polar surface area (TPSA) is 90.3 Å². The summed E-state index contributed by atoms with van der Waals surface area (Å²) in [5.41, 5.74) is 0.481. The van der Waals surface area contributed by atoms with Crippen molar-refractivity contribution in [2.75, 3.05) is 24.7 Å². The van der Waals surface area contributed by atoms with Gasteiger partial charge in [-0.2, -0.15) is 13.2 Å². The van der Waals surface area contributed by atoms with Gasteiger partial charge < -0.3 is 14.4 Å². The first-order valence-corrected chi connectivity index (χ1v) is 15.0. The Morgan fingerprint density at radius 2 is 1.64 bits per heavy atom. The maximum Gasteiger partial charge on any atom is 0.451 e. The lowest BCUT2D eigenvalue weighted by atomic mass is 9.41. The average molecular weight is 612 g/mol. The number of amides is 1. The quantitative estimate of drug-likeness (QED) is 0.257. The number of fused-ring (bicyclic) bond motifs is 3. The molecule has 0 spiro atoms. The molecule has 0 radical (unpaired) electrons. The highest BCUT2D eigenvalue weighted by Crippen LogP contribution is 2.71. The van der Waals surface area contributed by atoms with Crippen molar-refractivity contribution in [1.29, 1.82) is 0 Å². The first-order chi connectivity index (χ1) is 20.9. The number of hydrogen-bond acceptors (Lipinski definition) is 7. The van der Waals surface area contributed by atoms with Gasteiger partial charge in [0.2, 0.25) is 11.7 Å². The number of anilines is 1. The fourth-order valence-corrected chi connectivity index (χ4v) is 7.70. The molecule has 2 saturated heterocycles. The van der Waals surface area contributed by atoms with Crippen LogP contribution in [0.1, 0.15) is 69.7 Å². The zero-order chi connectivity index (χ0) is 30.8. The van der Waals surface area contributed by atoms with Gasteiger partial charge in [0.05, 0.1) is 18.8 Å². The van der Waals surface area contributed by atoms with Gasteiger partial charge in [0.1, 0.15) is 5.67 Å². The molecule has 2 aromatic heterocycles. The Balaban J connectivity index is 1.12. The second kappa shape index (κ2) is 10.2. The molecule has 6 aliphatic rings. The lowest BCUT2D eigenvalue weighted by molar-refractivity contribution is -0.215. The molecule has 3 aromatic rings. The smallest absolute Gasteiger partial charge is 0.451 e. The fourth-order valence-electron chi connectivity index (χ4n) is 7.70. The van der Waals surface area contributed by atoms with E-state index in [1.54, 1.807) is 12.4 Å². The van der Waals surface area contributed by atoms with Gasteiger partial charge in [0.15, 0.2) is 0 Å². The number of nitrogens with zero attached hydrogens (tertiary/aromatic N) is 5. The number of aromatic nitrogens is 4. The van der Waals surface area contributed by atoms with Gasteiger partial charge in [0.25, 0.3) is 0 Å². The second-order valence-electron chi connectivity index (χ2n) is 13.2. The molecular formula is C32H33F4N5O3. The summed E-state index contributed by atoms with van der Waals surface area (Å²) < 4.78 is 65.2. The minimum atomic E-state index is -4.61. The molecule has 0 unspecified atom stereocenters. The van der Waals surface area contributed by atoms with Gasteiger partial charge in [-0.3, -0.25) is 4.79 Å². The first-order valence-electron chi connectivity index (χ1n) is 15.0. The van der Waals surface area contributed by atoms with Crippen LogP contribution in [0.25, 0.3) is 11.1 Å². The van der Waals surface area contributed by atoms with E-state index in [1.807, 2.05) is 36.1 Å². The molecule has 6 fully saturated rings. The summed E-state index contributed by atoms with van der Waals surface area (Å²) in [6, 6.07) is 7.97. The number of carbonyl (C=O) groups is 1. The molecule has 8 nitrogen and oxygen atoms in total. The van der Waals surface area contributed by atoms with Crippen LogP contribution in [0.3, 0.4) is 0 Å². The van der Waals surface area contributed by atoms with Crippen LogP contribution in [-0.2, 0) is 21.3 Å². The molecule has 4 heterocycles. The van der Waals surface area contributed by atoms with Crippen LogP contribution >= 0.6 is 0 Å². The van der Waals surface area contributed by atoms with Gasteiger partial charge in [-0.1, -0.05) is 12.1 Å². The third-order valence-corrected chi connectivity index (χ3v) is 9.99. The van der Waals surface area contributed by atoms with E-state index in [0.29, 0.717) is 69.9 Å². The molecule has 0 N–H and O–H groups in total. The van der Waals surface area contributed by atoms with E-state index in [1.165, 1.54) is 12.4 Å². The van der Waals surface area contributed by atoms with Gasteiger partial charge in [-0.05, 0) is 75.0 Å². The predicted octanol–water partition coefficient (Wildman–Crippen LogP) is 6.45. The summed E-state index contributed by atoms with van der Waals surface area (Å²) in [4.78, 5) is 31.5. The Labute approximate surface area is 252 Å². The number of benzene rings is 1. The van der Waals surface area contributed by atoms with Crippen LogP contribution in [0.5, 0.6) is 6.01 Å². The van der Waals surface area contributed by atoms with Crippen LogP contribution < -0.4 is 9.64 Å². The zero-order valence-electron chi connectivity index (χ0n) is 24.4. The van der Waals surface area contributed by atoms with Crippen molar-refractivity contribution in [2.45, 2.75) is 75.7 Å². The second-order valence-corrected chi connectivity index (χ2v) is 13.2. The summed E-state index contributed by atoms with van der Waals surface area (Å²) in [5.74, 6) is -1.21. The predicted molar refractivity (Wildman–Crippen MR) is 151 cm³/mol. The normalized spacial score (nSPS) is 30.3. The number of carbonyl (C=O) groups excluding carboxylic acids is 1. The van der Waals surface area contributed by atoms with E-state index >= 15 is 0 Å². The number of rotatable bonds is 9. The monoisotopic (exact) mass is 611 g/mol. The third kappa shape index (κ3) is 5.10. The third-order valence-electron chi connectivity index (χ3n) is 9.99. The van der Waals surface area contributed by atoms with E-state index in [2.05, 4.69) is 19.9 Å². The molecule has 2 aliphatic heterocycles. The molecule has 4 aliphatic carbocycles. The van der Waals surface area contributed by atoms with E-state index in [-0.39, 0.29) is 16.7 Å². The van der Waals surface area contributed by atoms with Crippen LogP contribution in [0.4, 0.5) is 23.2 Å². The zero-order valence-corrected chi connectivity index (χ0v) is 24.4. The molecule has 1 aromatic carbocycles. The SMILES string of the molecule is CCOc1ncc(-c2cccc(N(CC34CCC(c5cnc(C(F)(F)F)nc5)(CC3)OC4)C(=O)CC34CC(F)(C3)C4)c2)cn1. The number of alkyl halides is 4. The summed E-state index contributed by atoms with van der Waals surface area (Å²) in [7, 11) is 0. The van der Waals surface area contributed by atoms with Crippen molar-refractivity contribution in [3.05, 3.63) is 60.4 Å². The van der Waals surface area contributed by atoms with Crippen molar-refractivity contribution in [3.8, 4) is 17.1 Å². The van der Waals surface area contributed by atoms with E-state index in [9.17, 15) is 22.4 Å². The van der Waals surface area contributed by atoms with Crippen LogP contribution in [0, 0.1) is 10.8 Å². The van der Waals surface area contributed by atoms with Gasteiger partial charge in [-0.15, -0.1) is 0 Å². The first kappa shape index (κ1) is 29.1.